The molecule has 0 fully saturated rings. The first-order valence-corrected chi connectivity index (χ1v) is 3.61. The van der Waals surface area contributed by atoms with Crippen LogP contribution in [0, 0.1) is 6.57 Å². The number of pyridine rings is 1. The fourth-order valence-electron chi connectivity index (χ4n) is 1.19. The predicted molar refractivity (Wildman–Crippen MR) is 47.0 cm³/mol. The molecule has 0 atom stereocenters. The molecule has 3 heteroatoms. The molecule has 0 spiro atoms. The molecule has 2 aromatic rings. The number of aromatic nitrogens is 2. The zero-order valence-electron chi connectivity index (χ0n) is 6.65. The maximum atomic E-state index is 6.80. The van der Waals surface area contributed by atoms with Gasteiger partial charge >= 0.3 is 0 Å². The Morgan fingerprint density at radius 2 is 2.25 bits per heavy atom. The standard InChI is InChI=1S/C9H7N3/c1-10-8-4-3-7-5-6-12(2)9(7)11-8/h3-6H,2H3. The van der Waals surface area contributed by atoms with Crippen molar-refractivity contribution in [3.05, 3.63) is 35.8 Å². The lowest BCUT2D eigenvalue weighted by Gasteiger charge is -1.90. The summed E-state index contributed by atoms with van der Waals surface area (Å²) >= 11 is 0. The SMILES string of the molecule is [C-]#[N+]c1ccc2ccn(C)c2n1. The van der Waals surface area contributed by atoms with Crippen molar-refractivity contribution in [3.8, 4) is 0 Å². The van der Waals surface area contributed by atoms with Gasteiger partial charge in [-0.25, -0.2) is 0 Å². The van der Waals surface area contributed by atoms with Crippen LogP contribution >= 0.6 is 0 Å². The molecule has 0 amide bonds. The summed E-state index contributed by atoms with van der Waals surface area (Å²) in [5.41, 5.74) is 0.864. The first-order chi connectivity index (χ1) is 5.81. The van der Waals surface area contributed by atoms with Gasteiger partial charge in [0, 0.05) is 18.6 Å². The largest absolute Gasteiger partial charge is 0.361 e. The lowest BCUT2D eigenvalue weighted by molar-refractivity contribution is 0.950. The van der Waals surface area contributed by atoms with Crippen molar-refractivity contribution in [1.29, 1.82) is 0 Å². The maximum Gasteiger partial charge on any atom is 0.271 e. The molecule has 2 heterocycles. The van der Waals surface area contributed by atoms with E-state index in [4.69, 9.17) is 6.57 Å². The molecular formula is C9H7N3. The van der Waals surface area contributed by atoms with Crippen LogP contribution in [0.4, 0.5) is 5.82 Å². The first kappa shape index (κ1) is 6.86. The van der Waals surface area contributed by atoms with Crippen molar-refractivity contribution in [3.63, 3.8) is 0 Å². The molecule has 0 aliphatic heterocycles. The Morgan fingerprint density at radius 1 is 1.42 bits per heavy atom. The third-order valence-electron chi connectivity index (χ3n) is 1.82. The molecule has 0 aliphatic carbocycles. The second-order valence-corrected chi connectivity index (χ2v) is 2.62. The van der Waals surface area contributed by atoms with Gasteiger partial charge in [0.15, 0.2) is 0 Å². The summed E-state index contributed by atoms with van der Waals surface area (Å²) < 4.78 is 1.91. The number of rotatable bonds is 0. The molecule has 58 valence electrons. The Balaban J connectivity index is 2.82. The van der Waals surface area contributed by atoms with E-state index >= 15 is 0 Å². The Morgan fingerprint density at radius 3 is 3.00 bits per heavy atom. The highest BCUT2D eigenvalue weighted by atomic mass is 15.0. The van der Waals surface area contributed by atoms with Gasteiger partial charge in [0.1, 0.15) is 0 Å². The van der Waals surface area contributed by atoms with E-state index in [-0.39, 0.29) is 0 Å². The average molecular weight is 157 g/mol. The lowest BCUT2D eigenvalue weighted by Crippen LogP contribution is -1.86. The summed E-state index contributed by atoms with van der Waals surface area (Å²) in [5.74, 6) is 0.448. The summed E-state index contributed by atoms with van der Waals surface area (Å²) in [5, 5.41) is 1.07. The van der Waals surface area contributed by atoms with E-state index in [1.807, 2.05) is 29.9 Å². The van der Waals surface area contributed by atoms with Crippen LogP contribution < -0.4 is 0 Å². The monoisotopic (exact) mass is 157 g/mol. The molecule has 2 aromatic heterocycles. The minimum atomic E-state index is 0.448. The molecule has 0 unspecified atom stereocenters. The van der Waals surface area contributed by atoms with E-state index < -0.39 is 0 Å². The predicted octanol–water partition coefficient (Wildman–Crippen LogP) is 2.12. The van der Waals surface area contributed by atoms with Crippen molar-refractivity contribution in [2.45, 2.75) is 0 Å². The minimum absolute atomic E-state index is 0.448. The van der Waals surface area contributed by atoms with Crippen molar-refractivity contribution in [1.82, 2.24) is 9.55 Å². The molecular weight excluding hydrogens is 150 g/mol. The molecule has 12 heavy (non-hydrogen) atoms. The van der Waals surface area contributed by atoms with Crippen LogP contribution in [0.1, 0.15) is 0 Å². The Labute approximate surface area is 70.1 Å². The van der Waals surface area contributed by atoms with Crippen molar-refractivity contribution in [2.24, 2.45) is 7.05 Å². The fraction of sp³-hybridized carbons (Fsp3) is 0.111. The normalized spacial score (nSPS) is 10.0. The Kier molecular flexibility index (Phi) is 1.34. The molecule has 0 saturated heterocycles. The van der Waals surface area contributed by atoms with E-state index in [0.717, 1.165) is 11.0 Å². The van der Waals surface area contributed by atoms with Gasteiger partial charge in [-0.3, -0.25) is 0 Å². The average Bonchev–Trinajstić information content (AvgIpc) is 2.47. The van der Waals surface area contributed by atoms with E-state index in [9.17, 15) is 0 Å². The van der Waals surface area contributed by atoms with Crippen LogP contribution in [0.15, 0.2) is 24.4 Å². The summed E-state index contributed by atoms with van der Waals surface area (Å²) in [7, 11) is 1.92. The Hall–Kier alpha value is -1.82. The van der Waals surface area contributed by atoms with E-state index in [1.54, 1.807) is 6.07 Å². The number of nitrogens with zero attached hydrogens (tertiary/aromatic N) is 3. The van der Waals surface area contributed by atoms with Gasteiger partial charge < -0.3 is 9.41 Å². The second-order valence-electron chi connectivity index (χ2n) is 2.62. The molecule has 0 aliphatic rings. The summed E-state index contributed by atoms with van der Waals surface area (Å²) in [6.07, 6.45) is 1.94. The quantitative estimate of drug-likeness (QED) is 0.537. The summed E-state index contributed by atoms with van der Waals surface area (Å²) in [6, 6.07) is 5.63. The smallest absolute Gasteiger partial charge is 0.271 e. The summed E-state index contributed by atoms with van der Waals surface area (Å²) in [6.45, 7) is 6.80. The second kappa shape index (κ2) is 2.35. The van der Waals surface area contributed by atoms with Gasteiger partial charge in [-0.15, -0.1) is 4.98 Å². The van der Waals surface area contributed by atoms with Gasteiger partial charge in [0.05, 0.1) is 0 Å². The molecule has 0 saturated carbocycles. The minimum Gasteiger partial charge on any atom is -0.361 e. The zero-order valence-corrected chi connectivity index (χ0v) is 6.65. The van der Waals surface area contributed by atoms with Crippen molar-refractivity contribution in [2.75, 3.05) is 0 Å². The molecule has 0 aromatic carbocycles. The topological polar surface area (TPSA) is 22.2 Å². The van der Waals surface area contributed by atoms with Crippen LogP contribution in [0.25, 0.3) is 15.9 Å². The third kappa shape index (κ3) is 0.857. The van der Waals surface area contributed by atoms with Gasteiger partial charge in [0.2, 0.25) is 5.65 Å². The summed E-state index contributed by atoms with van der Waals surface area (Å²) in [4.78, 5) is 7.43. The lowest BCUT2D eigenvalue weighted by atomic mass is 10.3. The van der Waals surface area contributed by atoms with E-state index in [1.165, 1.54) is 0 Å². The molecule has 0 N–H and O–H groups in total. The highest BCUT2D eigenvalue weighted by Crippen LogP contribution is 2.16. The maximum absolute atomic E-state index is 6.80. The van der Waals surface area contributed by atoms with Crippen LogP contribution in [0.3, 0.4) is 0 Å². The Bertz CT molecular complexity index is 462. The highest BCUT2D eigenvalue weighted by Gasteiger charge is 2.03. The molecule has 3 nitrogen and oxygen atoms in total. The van der Waals surface area contributed by atoms with Gasteiger partial charge in [-0.1, -0.05) is 12.6 Å². The first-order valence-electron chi connectivity index (χ1n) is 3.61. The number of hydrogen-bond acceptors (Lipinski definition) is 1. The van der Waals surface area contributed by atoms with Gasteiger partial charge in [-0.2, -0.15) is 0 Å². The van der Waals surface area contributed by atoms with Crippen LogP contribution in [-0.4, -0.2) is 9.55 Å². The third-order valence-corrected chi connectivity index (χ3v) is 1.82. The van der Waals surface area contributed by atoms with E-state index in [0.29, 0.717) is 5.82 Å². The van der Waals surface area contributed by atoms with Crippen LogP contribution in [-0.2, 0) is 7.05 Å². The zero-order chi connectivity index (χ0) is 8.55. The fourth-order valence-corrected chi connectivity index (χ4v) is 1.19. The number of hydrogen-bond donors (Lipinski definition) is 0. The van der Waals surface area contributed by atoms with Crippen LogP contribution in [0.2, 0.25) is 0 Å². The molecule has 0 radical (unpaired) electrons. The molecule has 0 bridgehead atoms. The van der Waals surface area contributed by atoms with Crippen LogP contribution in [0.5, 0.6) is 0 Å². The number of aryl methyl sites for hydroxylation is 1. The van der Waals surface area contributed by atoms with E-state index in [2.05, 4.69) is 9.83 Å². The van der Waals surface area contributed by atoms with Gasteiger partial charge in [0.25, 0.3) is 5.82 Å². The van der Waals surface area contributed by atoms with Crippen molar-refractivity contribution < 1.29 is 0 Å². The molecule has 2 rings (SSSR count). The van der Waals surface area contributed by atoms with Gasteiger partial charge in [-0.05, 0) is 12.1 Å². The van der Waals surface area contributed by atoms with Crippen molar-refractivity contribution >= 4 is 16.9 Å². The number of fused-ring (bicyclic) bond motifs is 1. The highest BCUT2D eigenvalue weighted by molar-refractivity contribution is 5.77.